The van der Waals surface area contributed by atoms with Gasteiger partial charge in [0.1, 0.15) is 5.82 Å². The van der Waals surface area contributed by atoms with Crippen molar-refractivity contribution >= 4 is 11.2 Å². The van der Waals surface area contributed by atoms with E-state index in [0.29, 0.717) is 11.5 Å². The number of aromatic nitrogens is 3. The third-order valence-electron chi connectivity index (χ3n) is 3.52. The lowest BCUT2D eigenvalue weighted by Gasteiger charge is -2.21. The van der Waals surface area contributed by atoms with Gasteiger partial charge in [-0.3, -0.25) is 0 Å². The number of fused-ring (bicyclic) bond motifs is 1. The molecule has 21 heavy (non-hydrogen) atoms. The number of rotatable bonds is 2. The van der Waals surface area contributed by atoms with Crippen LogP contribution in [-0.2, 0) is 5.41 Å². The Morgan fingerprint density at radius 3 is 2.48 bits per heavy atom. The van der Waals surface area contributed by atoms with Crippen molar-refractivity contribution in [3.63, 3.8) is 0 Å². The van der Waals surface area contributed by atoms with Crippen molar-refractivity contribution in [1.29, 1.82) is 0 Å². The molecule has 1 N–H and O–H groups in total. The lowest BCUT2D eigenvalue weighted by atomic mass is 9.83. The average molecular weight is 281 g/mol. The second-order valence-electron chi connectivity index (χ2n) is 6.11. The van der Waals surface area contributed by atoms with Gasteiger partial charge in [0.2, 0.25) is 5.88 Å². The minimum Gasteiger partial charge on any atom is -0.481 e. The number of aromatic amines is 1. The molecule has 0 saturated carbocycles. The molecule has 0 aliphatic rings. The van der Waals surface area contributed by atoms with Gasteiger partial charge in [0.15, 0.2) is 5.65 Å². The Hall–Kier alpha value is -2.36. The summed E-state index contributed by atoms with van der Waals surface area (Å²) >= 11 is 0. The quantitative estimate of drug-likeness (QED) is 0.774. The van der Waals surface area contributed by atoms with Crippen LogP contribution in [0, 0.1) is 0 Å². The van der Waals surface area contributed by atoms with Gasteiger partial charge in [0.25, 0.3) is 0 Å². The van der Waals surface area contributed by atoms with E-state index < -0.39 is 0 Å². The molecule has 3 rings (SSSR count). The lowest BCUT2D eigenvalue weighted by Crippen LogP contribution is -2.12. The first-order valence-corrected chi connectivity index (χ1v) is 6.99. The molecule has 0 amide bonds. The molecular weight excluding hydrogens is 262 g/mol. The molecule has 0 radical (unpaired) electrons. The predicted molar refractivity (Wildman–Crippen MR) is 84.6 cm³/mol. The van der Waals surface area contributed by atoms with E-state index in [1.165, 1.54) is 5.56 Å². The monoisotopic (exact) mass is 281 g/mol. The van der Waals surface area contributed by atoms with E-state index in [0.717, 1.165) is 16.9 Å². The number of pyridine rings is 1. The summed E-state index contributed by atoms with van der Waals surface area (Å²) in [7, 11) is 1.61. The van der Waals surface area contributed by atoms with Gasteiger partial charge in [-0.25, -0.2) is 4.98 Å². The van der Waals surface area contributed by atoms with Crippen LogP contribution >= 0.6 is 0 Å². The molecule has 3 aromatic rings. The summed E-state index contributed by atoms with van der Waals surface area (Å²) in [6.07, 6.45) is 0. The molecule has 0 fully saturated rings. The van der Waals surface area contributed by atoms with Crippen LogP contribution in [0.25, 0.3) is 22.6 Å². The Morgan fingerprint density at radius 2 is 1.76 bits per heavy atom. The Kier molecular flexibility index (Phi) is 3.16. The molecular formula is C17H19N3O. The maximum absolute atomic E-state index is 5.15. The van der Waals surface area contributed by atoms with Gasteiger partial charge in [-0.05, 0) is 17.0 Å². The Balaban J connectivity index is 2.17. The fourth-order valence-corrected chi connectivity index (χ4v) is 2.46. The maximum atomic E-state index is 5.15. The van der Waals surface area contributed by atoms with Crippen LogP contribution in [0.15, 0.2) is 36.4 Å². The van der Waals surface area contributed by atoms with Gasteiger partial charge in [-0.1, -0.05) is 45.0 Å². The number of ether oxygens (including phenoxy) is 1. The summed E-state index contributed by atoms with van der Waals surface area (Å²) < 4.78 is 5.15. The van der Waals surface area contributed by atoms with Crippen LogP contribution in [0.3, 0.4) is 0 Å². The van der Waals surface area contributed by atoms with E-state index in [-0.39, 0.29) is 5.41 Å². The summed E-state index contributed by atoms with van der Waals surface area (Å²) in [5, 5.41) is 0. The molecule has 0 bridgehead atoms. The van der Waals surface area contributed by atoms with E-state index in [1.807, 2.05) is 18.2 Å². The van der Waals surface area contributed by atoms with E-state index in [2.05, 4.69) is 53.9 Å². The zero-order valence-corrected chi connectivity index (χ0v) is 12.8. The van der Waals surface area contributed by atoms with Gasteiger partial charge < -0.3 is 9.72 Å². The highest BCUT2D eigenvalue weighted by Crippen LogP contribution is 2.32. The molecule has 1 aromatic carbocycles. The Bertz CT molecular complexity index is 784. The second kappa shape index (κ2) is 4.88. The zero-order chi connectivity index (χ0) is 15.0. The minimum atomic E-state index is 0.0562. The summed E-state index contributed by atoms with van der Waals surface area (Å²) in [6, 6.07) is 12.1. The molecule has 2 aromatic heterocycles. The van der Waals surface area contributed by atoms with Crippen molar-refractivity contribution in [2.75, 3.05) is 7.11 Å². The van der Waals surface area contributed by atoms with E-state index >= 15 is 0 Å². The number of nitrogens with one attached hydrogen (secondary N) is 1. The normalized spacial score (nSPS) is 11.8. The van der Waals surface area contributed by atoms with Crippen molar-refractivity contribution in [1.82, 2.24) is 15.0 Å². The number of H-pyrrole nitrogens is 1. The number of imidazole rings is 1. The fraction of sp³-hybridized carbons (Fsp3) is 0.294. The molecule has 0 aliphatic heterocycles. The van der Waals surface area contributed by atoms with Crippen LogP contribution in [0.1, 0.15) is 26.3 Å². The maximum Gasteiger partial charge on any atom is 0.215 e. The topological polar surface area (TPSA) is 50.8 Å². The number of hydrogen-bond acceptors (Lipinski definition) is 3. The zero-order valence-electron chi connectivity index (χ0n) is 12.8. The van der Waals surface area contributed by atoms with Crippen LogP contribution in [-0.4, -0.2) is 22.1 Å². The van der Waals surface area contributed by atoms with E-state index in [1.54, 1.807) is 7.11 Å². The molecule has 0 spiro atoms. The Morgan fingerprint density at radius 1 is 1.00 bits per heavy atom. The van der Waals surface area contributed by atoms with Gasteiger partial charge in [0.05, 0.1) is 12.6 Å². The van der Waals surface area contributed by atoms with Gasteiger partial charge in [-0.2, -0.15) is 4.98 Å². The number of nitrogens with zero attached hydrogens (tertiary/aromatic N) is 2. The molecule has 0 unspecified atom stereocenters. The van der Waals surface area contributed by atoms with Gasteiger partial charge >= 0.3 is 0 Å². The largest absolute Gasteiger partial charge is 0.481 e. The highest BCUT2D eigenvalue weighted by molar-refractivity contribution is 5.77. The first-order valence-electron chi connectivity index (χ1n) is 6.99. The summed E-state index contributed by atoms with van der Waals surface area (Å²) in [5.74, 6) is 1.42. The van der Waals surface area contributed by atoms with Crippen LogP contribution in [0.2, 0.25) is 0 Å². The third-order valence-corrected chi connectivity index (χ3v) is 3.52. The molecule has 0 saturated heterocycles. The van der Waals surface area contributed by atoms with Crippen molar-refractivity contribution in [2.45, 2.75) is 26.2 Å². The number of benzene rings is 1. The highest BCUT2D eigenvalue weighted by atomic mass is 16.5. The van der Waals surface area contributed by atoms with Crippen LogP contribution < -0.4 is 4.74 Å². The predicted octanol–water partition coefficient (Wildman–Crippen LogP) is 3.93. The van der Waals surface area contributed by atoms with E-state index in [9.17, 15) is 0 Å². The molecule has 0 atom stereocenters. The average Bonchev–Trinajstić information content (AvgIpc) is 2.89. The number of methoxy groups -OCH3 is 1. The van der Waals surface area contributed by atoms with Gasteiger partial charge in [-0.15, -0.1) is 0 Å². The molecule has 4 heteroatoms. The number of hydrogen-bond donors (Lipinski definition) is 1. The SMILES string of the molecule is COc1ccc2[nH]c(-c3ccccc3C(C)(C)C)nc2n1. The Labute approximate surface area is 124 Å². The smallest absolute Gasteiger partial charge is 0.215 e. The molecule has 108 valence electrons. The van der Waals surface area contributed by atoms with Crippen molar-refractivity contribution < 1.29 is 4.74 Å². The fourth-order valence-electron chi connectivity index (χ4n) is 2.46. The minimum absolute atomic E-state index is 0.0562. The summed E-state index contributed by atoms with van der Waals surface area (Å²) in [5.41, 5.74) is 4.02. The van der Waals surface area contributed by atoms with Crippen LogP contribution in [0.4, 0.5) is 0 Å². The highest BCUT2D eigenvalue weighted by Gasteiger charge is 2.20. The third kappa shape index (κ3) is 2.49. The molecule has 2 heterocycles. The standard InChI is InChI=1S/C17H19N3O/c1-17(2,3)12-8-6-5-7-11(12)15-18-13-9-10-14(21-4)19-16(13)20-15/h5-10H,1-4H3,(H,18,19,20). The lowest BCUT2D eigenvalue weighted by molar-refractivity contribution is 0.399. The summed E-state index contributed by atoms with van der Waals surface area (Å²) in [4.78, 5) is 12.3. The van der Waals surface area contributed by atoms with E-state index in [4.69, 9.17) is 4.74 Å². The van der Waals surface area contributed by atoms with Crippen molar-refractivity contribution in [3.8, 4) is 17.3 Å². The summed E-state index contributed by atoms with van der Waals surface area (Å²) in [6.45, 7) is 6.61. The first kappa shape index (κ1) is 13.6. The molecule has 0 aliphatic carbocycles. The first-order chi connectivity index (χ1) is 9.99. The van der Waals surface area contributed by atoms with Crippen LogP contribution in [0.5, 0.6) is 5.88 Å². The van der Waals surface area contributed by atoms with Gasteiger partial charge in [0, 0.05) is 11.6 Å². The second-order valence-corrected chi connectivity index (χ2v) is 6.11. The van der Waals surface area contributed by atoms with Crippen molar-refractivity contribution in [3.05, 3.63) is 42.0 Å². The molecule has 4 nitrogen and oxygen atoms in total. The van der Waals surface area contributed by atoms with Crippen molar-refractivity contribution in [2.24, 2.45) is 0 Å².